The molecule has 20 heavy (non-hydrogen) atoms. The number of benzene rings is 2. The average molecular weight is 273 g/mol. The quantitative estimate of drug-likeness (QED) is 0.789. The molecule has 0 amide bonds. The second-order valence-corrected chi connectivity index (χ2v) is 3.97. The highest BCUT2D eigenvalue weighted by molar-refractivity contribution is 5.90. The number of carbonyl (C=O) groups excluding carboxylic acids is 1. The second kappa shape index (κ2) is 5.49. The predicted octanol–water partition coefficient (Wildman–Crippen LogP) is 3.29. The summed E-state index contributed by atoms with van der Waals surface area (Å²) in [6.45, 7) is 0. The van der Waals surface area contributed by atoms with Gasteiger partial charge in [-0.05, 0) is 23.8 Å². The van der Waals surface area contributed by atoms with E-state index in [-0.39, 0.29) is 5.56 Å². The highest BCUT2D eigenvalue weighted by Crippen LogP contribution is 2.27. The van der Waals surface area contributed by atoms with E-state index >= 15 is 0 Å². The van der Waals surface area contributed by atoms with Crippen molar-refractivity contribution in [2.45, 2.75) is 0 Å². The second-order valence-electron chi connectivity index (χ2n) is 3.97. The van der Waals surface area contributed by atoms with Crippen molar-refractivity contribution in [2.24, 2.45) is 0 Å². The molecule has 0 aliphatic carbocycles. The number of carbonyl (C=O) groups is 1. The van der Waals surface area contributed by atoms with E-state index in [2.05, 4.69) is 4.74 Å². The van der Waals surface area contributed by atoms with Gasteiger partial charge in [0.1, 0.15) is 0 Å². The zero-order valence-electron chi connectivity index (χ0n) is 10.5. The number of methoxy groups -OCH3 is 1. The highest BCUT2D eigenvalue weighted by Gasteiger charge is 2.19. The molecule has 100 valence electrons. The van der Waals surface area contributed by atoms with Crippen molar-refractivity contribution < 1.29 is 18.3 Å². The Hall–Kier alpha value is -2.74. The smallest absolute Gasteiger partial charge is 0.340 e. The van der Waals surface area contributed by atoms with Crippen LogP contribution in [-0.2, 0) is 4.74 Å². The molecule has 0 radical (unpaired) electrons. The first-order valence-electron chi connectivity index (χ1n) is 5.65. The van der Waals surface area contributed by atoms with Crippen LogP contribution >= 0.6 is 0 Å². The van der Waals surface area contributed by atoms with Gasteiger partial charge in [-0.25, -0.2) is 13.6 Å². The van der Waals surface area contributed by atoms with Gasteiger partial charge in [0.2, 0.25) is 0 Å². The number of halogens is 2. The average Bonchev–Trinajstić information content (AvgIpc) is 2.49. The fourth-order valence-corrected chi connectivity index (χ4v) is 1.76. The first-order valence-corrected chi connectivity index (χ1v) is 5.65. The van der Waals surface area contributed by atoms with Crippen molar-refractivity contribution in [1.82, 2.24) is 0 Å². The van der Waals surface area contributed by atoms with Crippen LogP contribution in [-0.4, -0.2) is 13.1 Å². The molecule has 0 fully saturated rings. The minimum atomic E-state index is -1.25. The maximum Gasteiger partial charge on any atom is 0.340 e. The van der Waals surface area contributed by atoms with Crippen LogP contribution in [0.3, 0.4) is 0 Å². The highest BCUT2D eigenvalue weighted by atomic mass is 19.2. The van der Waals surface area contributed by atoms with Crippen molar-refractivity contribution in [3.05, 3.63) is 59.2 Å². The number of hydrogen-bond donors (Lipinski definition) is 0. The number of ether oxygens (including phenoxy) is 1. The van der Waals surface area contributed by atoms with Gasteiger partial charge in [0.15, 0.2) is 11.6 Å². The molecule has 0 bridgehead atoms. The molecule has 0 unspecified atom stereocenters. The Kier molecular flexibility index (Phi) is 3.76. The summed E-state index contributed by atoms with van der Waals surface area (Å²) in [5.74, 6) is -3.32. The standard InChI is InChI=1S/C15H9F2NO2/c1-20-15(19)12-7-6-11(13(16)14(12)17)10-4-2-9(8-18)3-5-10/h2-7H,1H3. The van der Waals surface area contributed by atoms with E-state index in [1.54, 1.807) is 0 Å². The van der Waals surface area contributed by atoms with Gasteiger partial charge in [-0.15, -0.1) is 0 Å². The number of nitrogens with zero attached hydrogens (tertiary/aromatic N) is 1. The van der Waals surface area contributed by atoms with Crippen molar-refractivity contribution in [3.8, 4) is 17.2 Å². The number of hydrogen-bond acceptors (Lipinski definition) is 3. The minimum Gasteiger partial charge on any atom is -0.465 e. The molecule has 2 aromatic rings. The summed E-state index contributed by atoms with van der Waals surface area (Å²) in [5.41, 5.74) is 0.389. The Morgan fingerprint density at radius 2 is 1.75 bits per heavy atom. The van der Waals surface area contributed by atoms with Crippen LogP contribution in [0.5, 0.6) is 0 Å². The van der Waals surface area contributed by atoms with Crippen LogP contribution < -0.4 is 0 Å². The lowest BCUT2D eigenvalue weighted by atomic mass is 10.0. The number of rotatable bonds is 2. The molecule has 2 aromatic carbocycles. The number of nitriles is 1. The van der Waals surface area contributed by atoms with Crippen LogP contribution in [0.1, 0.15) is 15.9 Å². The minimum absolute atomic E-state index is 0.0136. The van der Waals surface area contributed by atoms with E-state index in [9.17, 15) is 13.6 Å². The van der Waals surface area contributed by atoms with Gasteiger partial charge < -0.3 is 4.74 Å². The van der Waals surface area contributed by atoms with Gasteiger partial charge in [0, 0.05) is 5.56 Å². The van der Waals surface area contributed by atoms with Crippen LogP contribution in [0, 0.1) is 23.0 Å². The first-order chi connectivity index (χ1) is 9.58. The lowest BCUT2D eigenvalue weighted by molar-refractivity contribution is 0.0594. The molecule has 2 rings (SSSR count). The summed E-state index contributed by atoms with van der Waals surface area (Å²) in [7, 11) is 1.09. The summed E-state index contributed by atoms with van der Waals surface area (Å²) in [6, 6.07) is 10.4. The van der Waals surface area contributed by atoms with Gasteiger partial charge in [-0.3, -0.25) is 0 Å². The molecular weight excluding hydrogens is 264 g/mol. The van der Waals surface area contributed by atoms with Crippen molar-refractivity contribution in [3.63, 3.8) is 0 Å². The van der Waals surface area contributed by atoms with E-state index in [0.717, 1.165) is 13.2 Å². The van der Waals surface area contributed by atoms with Crippen molar-refractivity contribution >= 4 is 5.97 Å². The third-order valence-corrected chi connectivity index (χ3v) is 2.81. The maximum atomic E-state index is 14.0. The Morgan fingerprint density at radius 1 is 1.10 bits per heavy atom. The molecule has 0 spiro atoms. The zero-order chi connectivity index (χ0) is 14.7. The summed E-state index contributed by atoms with van der Waals surface area (Å²) < 4.78 is 32.1. The third kappa shape index (κ3) is 2.36. The lowest BCUT2D eigenvalue weighted by Crippen LogP contribution is -2.06. The Labute approximate surface area is 114 Å². The summed E-state index contributed by atoms with van der Waals surface area (Å²) in [6.07, 6.45) is 0. The fourth-order valence-electron chi connectivity index (χ4n) is 1.76. The molecule has 0 heterocycles. The van der Waals surface area contributed by atoms with E-state index in [1.165, 1.54) is 30.3 Å². The molecule has 0 aliphatic rings. The maximum absolute atomic E-state index is 14.0. The van der Waals surface area contributed by atoms with Crippen molar-refractivity contribution in [2.75, 3.05) is 7.11 Å². The molecule has 5 heteroatoms. The van der Waals surface area contributed by atoms with E-state index < -0.39 is 23.2 Å². The number of esters is 1. The zero-order valence-corrected chi connectivity index (χ0v) is 10.5. The Bertz CT molecular complexity index is 703. The fraction of sp³-hybridized carbons (Fsp3) is 0.0667. The first kappa shape index (κ1) is 13.7. The predicted molar refractivity (Wildman–Crippen MR) is 67.8 cm³/mol. The van der Waals surface area contributed by atoms with Crippen LogP contribution in [0.15, 0.2) is 36.4 Å². The van der Waals surface area contributed by atoms with Crippen LogP contribution in [0.25, 0.3) is 11.1 Å². The molecule has 3 nitrogen and oxygen atoms in total. The molecule has 0 saturated heterocycles. The van der Waals surface area contributed by atoms with Gasteiger partial charge in [-0.2, -0.15) is 5.26 Å². The SMILES string of the molecule is COC(=O)c1ccc(-c2ccc(C#N)cc2)c(F)c1F. The molecule has 0 N–H and O–H groups in total. The van der Waals surface area contributed by atoms with E-state index in [1.807, 2.05) is 6.07 Å². The summed E-state index contributed by atoms with van der Waals surface area (Å²) in [5, 5.41) is 8.69. The van der Waals surface area contributed by atoms with Crippen LogP contribution in [0.2, 0.25) is 0 Å². The van der Waals surface area contributed by atoms with Gasteiger partial charge in [0.25, 0.3) is 0 Å². The molecule has 0 saturated carbocycles. The van der Waals surface area contributed by atoms with Gasteiger partial charge in [0.05, 0.1) is 24.3 Å². The topological polar surface area (TPSA) is 50.1 Å². The molecule has 0 aromatic heterocycles. The summed E-state index contributed by atoms with van der Waals surface area (Å²) >= 11 is 0. The third-order valence-electron chi connectivity index (χ3n) is 2.81. The van der Waals surface area contributed by atoms with Crippen LogP contribution in [0.4, 0.5) is 8.78 Å². The summed E-state index contributed by atoms with van der Waals surface area (Å²) in [4.78, 5) is 11.3. The van der Waals surface area contributed by atoms with E-state index in [0.29, 0.717) is 11.1 Å². The van der Waals surface area contributed by atoms with Gasteiger partial charge >= 0.3 is 5.97 Å². The van der Waals surface area contributed by atoms with Gasteiger partial charge in [-0.1, -0.05) is 18.2 Å². The Balaban J connectivity index is 2.51. The monoisotopic (exact) mass is 273 g/mol. The molecule has 0 aliphatic heterocycles. The lowest BCUT2D eigenvalue weighted by Gasteiger charge is -2.07. The largest absolute Gasteiger partial charge is 0.465 e. The Morgan fingerprint density at radius 3 is 2.30 bits per heavy atom. The van der Waals surface area contributed by atoms with E-state index in [4.69, 9.17) is 5.26 Å². The normalized spacial score (nSPS) is 9.90. The molecular formula is C15H9F2NO2. The molecule has 0 atom stereocenters. The van der Waals surface area contributed by atoms with Crippen molar-refractivity contribution in [1.29, 1.82) is 5.26 Å².